The molecule has 0 unspecified atom stereocenters. The Bertz CT molecular complexity index is 1260. The minimum Gasteiger partial charge on any atom is -0.298 e. The van der Waals surface area contributed by atoms with Crippen LogP contribution < -0.4 is 5.32 Å². The van der Waals surface area contributed by atoms with Crippen LogP contribution in [0, 0.1) is 12.7 Å². The van der Waals surface area contributed by atoms with Crippen molar-refractivity contribution in [2.75, 3.05) is 5.32 Å². The Kier molecular flexibility index (Phi) is 4.63. The number of anilines is 1. The highest BCUT2D eigenvalue weighted by molar-refractivity contribution is 7.14. The van der Waals surface area contributed by atoms with Gasteiger partial charge in [0.2, 0.25) is 0 Å². The van der Waals surface area contributed by atoms with Gasteiger partial charge in [0.05, 0.1) is 17.0 Å². The van der Waals surface area contributed by atoms with Crippen LogP contribution in [-0.4, -0.2) is 25.7 Å². The van der Waals surface area contributed by atoms with Gasteiger partial charge in [-0.2, -0.15) is 5.10 Å². The zero-order valence-electron chi connectivity index (χ0n) is 16.2. The van der Waals surface area contributed by atoms with Crippen LogP contribution in [0.3, 0.4) is 0 Å². The van der Waals surface area contributed by atoms with Gasteiger partial charge in [-0.1, -0.05) is 18.2 Å². The third kappa shape index (κ3) is 3.29. The lowest BCUT2D eigenvalue weighted by Crippen LogP contribution is -2.14. The van der Waals surface area contributed by atoms with E-state index in [0.29, 0.717) is 27.6 Å². The molecule has 0 saturated carbocycles. The summed E-state index contributed by atoms with van der Waals surface area (Å²) < 4.78 is 16.2. The molecule has 0 aliphatic carbocycles. The lowest BCUT2D eigenvalue weighted by molar-refractivity contribution is 0.102. The lowest BCUT2D eigenvalue weighted by atomic mass is 10.0. The molecule has 3 aromatic heterocycles. The zero-order valence-corrected chi connectivity index (χ0v) is 17.0. The van der Waals surface area contributed by atoms with Crippen LogP contribution in [0.2, 0.25) is 0 Å². The van der Waals surface area contributed by atoms with Crippen molar-refractivity contribution in [2.45, 2.75) is 26.3 Å². The lowest BCUT2D eigenvalue weighted by Gasteiger charge is -2.06. The maximum Gasteiger partial charge on any atom is 0.261 e. The number of rotatable bonds is 4. The molecule has 4 aromatic rings. The number of carbonyl (C=O) groups excluding carboxylic acids is 1. The summed E-state index contributed by atoms with van der Waals surface area (Å²) in [6.07, 6.45) is 1.65. The molecule has 30 heavy (non-hydrogen) atoms. The smallest absolute Gasteiger partial charge is 0.261 e. The van der Waals surface area contributed by atoms with E-state index in [1.165, 1.54) is 17.4 Å². The zero-order chi connectivity index (χ0) is 20.7. The SMILES string of the molecule is Cc1cccc(-c2csc(NC(=O)c3c(-c4ccccc4F)nn4c3CCC4)n2)n1. The molecule has 0 fully saturated rings. The van der Waals surface area contributed by atoms with E-state index in [4.69, 9.17) is 0 Å². The summed E-state index contributed by atoms with van der Waals surface area (Å²) in [4.78, 5) is 22.2. The van der Waals surface area contributed by atoms with E-state index in [0.717, 1.165) is 36.5 Å². The summed E-state index contributed by atoms with van der Waals surface area (Å²) in [5.41, 5.74) is 4.31. The van der Waals surface area contributed by atoms with Crippen molar-refractivity contribution in [3.63, 3.8) is 0 Å². The summed E-state index contributed by atoms with van der Waals surface area (Å²) in [5, 5.41) is 9.74. The molecule has 5 rings (SSSR count). The fourth-order valence-electron chi connectivity index (χ4n) is 3.71. The van der Waals surface area contributed by atoms with Gasteiger partial charge in [0.1, 0.15) is 17.2 Å². The molecule has 0 atom stereocenters. The van der Waals surface area contributed by atoms with Crippen LogP contribution in [0.4, 0.5) is 9.52 Å². The van der Waals surface area contributed by atoms with E-state index >= 15 is 0 Å². The molecule has 1 aliphatic rings. The average Bonchev–Trinajstić information content (AvgIpc) is 3.44. The molecule has 8 heteroatoms. The molecular formula is C22H18FN5OS. The van der Waals surface area contributed by atoms with Crippen molar-refractivity contribution < 1.29 is 9.18 Å². The van der Waals surface area contributed by atoms with Crippen molar-refractivity contribution in [3.8, 4) is 22.6 Å². The second-order valence-electron chi connectivity index (χ2n) is 7.13. The second kappa shape index (κ2) is 7.46. The van der Waals surface area contributed by atoms with Gasteiger partial charge in [0, 0.05) is 23.2 Å². The number of nitrogens with one attached hydrogen (secondary N) is 1. The minimum atomic E-state index is -0.398. The van der Waals surface area contributed by atoms with Crippen LogP contribution in [-0.2, 0) is 13.0 Å². The van der Waals surface area contributed by atoms with E-state index in [-0.39, 0.29) is 5.91 Å². The van der Waals surface area contributed by atoms with Crippen molar-refractivity contribution in [3.05, 3.63) is 70.6 Å². The number of aromatic nitrogens is 4. The number of thiazole rings is 1. The van der Waals surface area contributed by atoms with E-state index in [2.05, 4.69) is 20.4 Å². The van der Waals surface area contributed by atoms with E-state index in [9.17, 15) is 9.18 Å². The number of fused-ring (bicyclic) bond motifs is 1. The van der Waals surface area contributed by atoms with Gasteiger partial charge in [-0.05, 0) is 44.0 Å². The van der Waals surface area contributed by atoms with Crippen LogP contribution in [0.25, 0.3) is 22.6 Å². The summed E-state index contributed by atoms with van der Waals surface area (Å²) in [6, 6.07) is 12.1. The quantitative estimate of drug-likeness (QED) is 0.520. The van der Waals surface area contributed by atoms with Crippen LogP contribution in [0.1, 0.15) is 28.2 Å². The fraction of sp³-hybridized carbons (Fsp3) is 0.182. The molecular weight excluding hydrogens is 401 g/mol. The number of pyridine rings is 1. The Morgan fingerprint density at radius 2 is 2.00 bits per heavy atom. The Hall–Kier alpha value is -3.39. The standard InChI is InChI=1S/C22H18FN5OS/c1-13-6-4-9-16(24-13)17-12-30-22(25-17)26-21(29)19-18-10-5-11-28(18)27-20(19)14-7-2-3-8-15(14)23/h2-4,6-9,12H,5,10-11H2,1H3,(H,25,26,29). The number of amides is 1. The summed E-state index contributed by atoms with van der Waals surface area (Å²) in [5.74, 6) is -0.722. The minimum absolute atomic E-state index is 0.325. The largest absolute Gasteiger partial charge is 0.298 e. The van der Waals surface area contributed by atoms with E-state index in [1.807, 2.05) is 30.5 Å². The first-order valence-corrected chi connectivity index (χ1v) is 10.5. The Morgan fingerprint density at radius 3 is 2.83 bits per heavy atom. The maximum atomic E-state index is 14.4. The molecule has 0 spiro atoms. The highest BCUT2D eigenvalue weighted by Gasteiger charge is 2.29. The average molecular weight is 419 g/mol. The third-order valence-corrected chi connectivity index (χ3v) is 5.83. The summed E-state index contributed by atoms with van der Waals surface area (Å²) in [6.45, 7) is 2.65. The van der Waals surface area contributed by atoms with Crippen molar-refractivity contribution >= 4 is 22.4 Å². The Morgan fingerprint density at radius 1 is 1.13 bits per heavy atom. The first kappa shape index (κ1) is 18.6. The summed E-state index contributed by atoms with van der Waals surface area (Å²) >= 11 is 1.33. The third-order valence-electron chi connectivity index (χ3n) is 5.07. The number of carbonyl (C=O) groups is 1. The molecule has 4 heterocycles. The molecule has 1 N–H and O–H groups in total. The monoisotopic (exact) mass is 419 g/mol. The van der Waals surface area contributed by atoms with Gasteiger partial charge in [0.25, 0.3) is 5.91 Å². The number of halogens is 1. The van der Waals surface area contributed by atoms with Crippen molar-refractivity contribution in [2.24, 2.45) is 0 Å². The topological polar surface area (TPSA) is 72.7 Å². The van der Waals surface area contributed by atoms with Gasteiger partial charge in [-0.15, -0.1) is 11.3 Å². The van der Waals surface area contributed by atoms with Gasteiger partial charge in [-0.25, -0.2) is 9.37 Å². The van der Waals surface area contributed by atoms with E-state index < -0.39 is 5.82 Å². The highest BCUT2D eigenvalue weighted by Crippen LogP contribution is 2.32. The fourth-order valence-corrected chi connectivity index (χ4v) is 4.41. The maximum absolute atomic E-state index is 14.4. The first-order valence-electron chi connectivity index (χ1n) is 9.65. The molecule has 0 bridgehead atoms. The normalized spacial score (nSPS) is 12.7. The van der Waals surface area contributed by atoms with Crippen LogP contribution in [0.5, 0.6) is 0 Å². The number of aryl methyl sites for hydroxylation is 2. The number of hydrogen-bond acceptors (Lipinski definition) is 5. The predicted octanol–water partition coefficient (Wildman–Crippen LogP) is 4.71. The van der Waals surface area contributed by atoms with Crippen LogP contribution >= 0.6 is 11.3 Å². The molecule has 1 aliphatic heterocycles. The van der Waals surface area contributed by atoms with Gasteiger partial charge < -0.3 is 0 Å². The molecule has 150 valence electrons. The van der Waals surface area contributed by atoms with Crippen LogP contribution in [0.15, 0.2) is 47.8 Å². The van der Waals surface area contributed by atoms with Gasteiger partial charge >= 0.3 is 0 Å². The molecule has 0 radical (unpaired) electrons. The van der Waals surface area contributed by atoms with Gasteiger partial charge in [0.15, 0.2) is 5.13 Å². The van der Waals surface area contributed by atoms with Crippen molar-refractivity contribution in [1.82, 2.24) is 19.7 Å². The Balaban J connectivity index is 1.48. The Labute approximate surface area is 176 Å². The van der Waals surface area contributed by atoms with Gasteiger partial charge in [-0.3, -0.25) is 19.8 Å². The first-order chi connectivity index (χ1) is 14.6. The second-order valence-corrected chi connectivity index (χ2v) is 7.99. The highest BCUT2D eigenvalue weighted by atomic mass is 32.1. The summed E-state index contributed by atoms with van der Waals surface area (Å²) in [7, 11) is 0. The molecule has 0 saturated heterocycles. The number of hydrogen-bond donors (Lipinski definition) is 1. The predicted molar refractivity (Wildman–Crippen MR) is 114 cm³/mol. The molecule has 1 aromatic carbocycles. The molecule has 6 nitrogen and oxygen atoms in total. The number of benzene rings is 1. The number of nitrogens with zero attached hydrogens (tertiary/aromatic N) is 4. The molecule has 1 amide bonds. The van der Waals surface area contributed by atoms with Crippen molar-refractivity contribution in [1.29, 1.82) is 0 Å². The van der Waals surface area contributed by atoms with E-state index in [1.54, 1.807) is 22.9 Å².